The molecule has 0 spiro atoms. The molecule has 0 aliphatic carbocycles. The van der Waals surface area contributed by atoms with Crippen LogP contribution in [0.25, 0.3) is 16.3 Å². The topological polar surface area (TPSA) is 46.1 Å². The standard InChI is InChI=1S/C16H14ClN3OS2/c1-3-20(15(21)7-5-12-9-22-10(2)18-12)16-19-13-8-11(17)4-6-14(13)23-16/h4-9H,3H2,1-2H3/b7-5+. The molecule has 2 heterocycles. The second-order valence-electron chi connectivity index (χ2n) is 4.82. The molecule has 0 N–H and O–H groups in total. The monoisotopic (exact) mass is 363 g/mol. The third-order valence-electron chi connectivity index (χ3n) is 3.18. The number of carbonyl (C=O) groups excluding carboxylic acids is 1. The van der Waals surface area contributed by atoms with E-state index in [1.807, 2.05) is 37.4 Å². The summed E-state index contributed by atoms with van der Waals surface area (Å²) < 4.78 is 1.01. The highest BCUT2D eigenvalue weighted by atomic mass is 35.5. The van der Waals surface area contributed by atoms with Crippen LogP contribution >= 0.6 is 34.3 Å². The van der Waals surface area contributed by atoms with Gasteiger partial charge in [-0.05, 0) is 38.1 Å². The third-order valence-corrected chi connectivity index (χ3v) is 5.27. The Labute approximate surface area is 147 Å². The summed E-state index contributed by atoms with van der Waals surface area (Å²) in [5.74, 6) is -0.108. The van der Waals surface area contributed by atoms with Crippen molar-refractivity contribution in [3.63, 3.8) is 0 Å². The normalized spacial score (nSPS) is 11.4. The van der Waals surface area contributed by atoms with Crippen LogP contribution in [0.5, 0.6) is 0 Å². The lowest BCUT2D eigenvalue weighted by Gasteiger charge is -2.14. The number of nitrogens with zero attached hydrogens (tertiary/aromatic N) is 3. The second-order valence-corrected chi connectivity index (χ2v) is 7.32. The summed E-state index contributed by atoms with van der Waals surface area (Å²) in [5.41, 5.74) is 1.61. The maximum Gasteiger partial charge on any atom is 0.252 e. The smallest absolute Gasteiger partial charge is 0.252 e. The highest BCUT2D eigenvalue weighted by Crippen LogP contribution is 2.30. The first-order valence-corrected chi connectivity index (χ1v) is 9.12. The van der Waals surface area contributed by atoms with Crippen molar-refractivity contribution < 1.29 is 4.79 Å². The Hall–Kier alpha value is -1.76. The lowest BCUT2D eigenvalue weighted by atomic mass is 10.3. The van der Waals surface area contributed by atoms with Crippen molar-refractivity contribution in [2.24, 2.45) is 0 Å². The van der Waals surface area contributed by atoms with E-state index in [2.05, 4.69) is 9.97 Å². The van der Waals surface area contributed by atoms with Gasteiger partial charge in [-0.2, -0.15) is 0 Å². The van der Waals surface area contributed by atoms with Crippen LogP contribution in [-0.4, -0.2) is 22.4 Å². The Morgan fingerprint density at radius 1 is 1.39 bits per heavy atom. The highest BCUT2D eigenvalue weighted by Gasteiger charge is 2.16. The van der Waals surface area contributed by atoms with Gasteiger partial charge in [0.1, 0.15) is 0 Å². The van der Waals surface area contributed by atoms with Crippen LogP contribution < -0.4 is 4.90 Å². The van der Waals surface area contributed by atoms with Gasteiger partial charge in [-0.3, -0.25) is 9.69 Å². The average Bonchev–Trinajstić information content (AvgIpc) is 3.11. The summed E-state index contributed by atoms with van der Waals surface area (Å²) in [6.07, 6.45) is 3.27. The lowest BCUT2D eigenvalue weighted by Crippen LogP contribution is -2.28. The van der Waals surface area contributed by atoms with Crippen LogP contribution in [0.15, 0.2) is 29.7 Å². The summed E-state index contributed by atoms with van der Waals surface area (Å²) in [4.78, 5) is 22.9. The Morgan fingerprint density at radius 2 is 2.22 bits per heavy atom. The Bertz CT molecular complexity index is 884. The van der Waals surface area contributed by atoms with Gasteiger partial charge in [0.25, 0.3) is 5.91 Å². The van der Waals surface area contributed by atoms with Crippen molar-refractivity contribution >= 4 is 61.6 Å². The molecule has 0 bridgehead atoms. The Morgan fingerprint density at radius 3 is 2.91 bits per heavy atom. The van der Waals surface area contributed by atoms with E-state index in [0.29, 0.717) is 16.7 Å². The maximum absolute atomic E-state index is 12.5. The molecule has 0 atom stereocenters. The fourth-order valence-electron chi connectivity index (χ4n) is 2.09. The van der Waals surface area contributed by atoms with Crippen molar-refractivity contribution in [1.82, 2.24) is 9.97 Å². The minimum atomic E-state index is -0.108. The molecule has 118 valence electrons. The number of aryl methyl sites for hydroxylation is 1. The number of thiazole rings is 2. The zero-order chi connectivity index (χ0) is 16.4. The van der Waals surface area contributed by atoms with E-state index in [4.69, 9.17) is 11.6 Å². The molecule has 3 aromatic rings. The second kappa shape index (κ2) is 6.78. The van der Waals surface area contributed by atoms with E-state index in [1.54, 1.807) is 22.3 Å². The molecule has 2 aromatic heterocycles. The summed E-state index contributed by atoms with van der Waals surface area (Å²) in [6, 6.07) is 5.56. The van der Waals surface area contributed by atoms with Gasteiger partial charge in [-0.15, -0.1) is 11.3 Å². The van der Waals surface area contributed by atoms with Crippen molar-refractivity contribution in [3.8, 4) is 0 Å². The predicted molar refractivity (Wildman–Crippen MR) is 98.5 cm³/mol. The summed E-state index contributed by atoms with van der Waals surface area (Å²) in [6.45, 7) is 4.42. The first-order chi connectivity index (χ1) is 11.1. The minimum Gasteiger partial charge on any atom is -0.285 e. The van der Waals surface area contributed by atoms with Gasteiger partial charge in [-0.1, -0.05) is 22.9 Å². The largest absolute Gasteiger partial charge is 0.285 e. The number of carbonyl (C=O) groups is 1. The molecule has 0 radical (unpaired) electrons. The number of anilines is 1. The van der Waals surface area contributed by atoms with Gasteiger partial charge in [-0.25, -0.2) is 9.97 Å². The fraction of sp³-hybridized carbons (Fsp3) is 0.188. The van der Waals surface area contributed by atoms with Gasteiger partial charge in [0.15, 0.2) is 5.13 Å². The van der Waals surface area contributed by atoms with Crippen LogP contribution in [0.4, 0.5) is 5.13 Å². The quantitative estimate of drug-likeness (QED) is 0.626. The molecule has 7 heteroatoms. The van der Waals surface area contributed by atoms with Crippen LogP contribution in [0.2, 0.25) is 5.02 Å². The third kappa shape index (κ3) is 3.60. The molecule has 1 amide bonds. The molecule has 0 unspecified atom stereocenters. The van der Waals surface area contributed by atoms with Gasteiger partial charge < -0.3 is 0 Å². The van der Waals surface area contributed by atoms with Crippen LogP contribution in [0.1, 0.15) is 17.6 Å². The van der Waals surface area contributed by atoms with Gasteiger partial charge in [0.2, 0.25) is 0 Å². The molecule has 0 saturated heterocycles. The average molecular weight is 364 g/mol. The van der Waals surface area contributed by atoms with Crippen molar-refractivity contribution in [3.05, 3.63) is 45.4 Å². The number of hydrogen-bond acceptors (Lipinski definition) is 5. The SMILES string of the molecule is CCN(C(=O)/C=C/c1csc(C)n1)c1nc2cc(Cl)ccc2s1. The number of halogens is 1. The molecule has 0 aliphatic heterocycles. The summed E-state index contributed by atoms with van der Waals surface area (Å²) >= 11 is 9.03. The van der Waals surface area contributed by atoms with Crippen molar-refractivity contribution in [2.75, 3.05) is 11.4 Å². The van der Waals surface area contributed by atoms with Gasteiger partial charge in [0, 0.05) is 23.0 Å². The highest BCUT2D eigenvalue weighted by molar-refractivity contribution is 7.22. The summed E-state index contributed by atoms with van der Waals surface area (Å²) in [5, 5.41) is 4.22. The van der Waals surface area contributed by atoms with E-state index < -0.39 is 0 Å². The molecule has 0 fully saturated rings. The van der Waals surface area contributed by atoms with E-state index in [-0.39, 0.29) is 5.91 Å². The van der Waals surface area contributed by atoms with Crippen molar-refractivity contribution in [1.29, 1.82) is 0 Å². The number of likely N-dealkylation sites (N-methyl/N-ethyl adjacent to an activating group) is 1. The van der Waals surface area contributed by atoms with E-state index in [9.17, 15) is 4.79 Å². The van der Waals surface area contributed by atoms with E-state index >= 15 is 0 Å². The van der Waals surface area contributed by atoms with Crippen LogP contribution in [0, 0.1) is 6.92 Å². The zero-order valence-corrected chi connectivity index (χ0v) is 15.0. The predicted octanol–water partition coefficient (Wildman–Crippen LogP) is 4.78. The van der Waals surface area contributed by atoms with E-state index in [1.165, 1.54) is 17.4 Å². The molecule has 0 aliphatic rings. The van der Waals surface area contributed by atoms with E-state index in [0.717, 1.165) is 20.9 Å². The van der Waals surface area contributed by atoms with Crippen LogP contribution in [0.3, 0.4) is 0 Å². The lowest BCUT2D eigenvalue weighted by molar-refractivity contribution is -0.114. The van der Waals surface area contributed by atoms with Gasteiger partial charge >= 0.3 is 0 Å². The van der Waals surface area contributed by atoms with Crippen molar-refractivity contribution in [2.45, 2.75) is 13.8 Å². The number of amides is 1. The fourth-order valence-corrected chi connectivity index (χ4v) is 3.85. The number of fused-ring (bicyclic) bond motifs is 1. The minimum absolute atomic E-state index is 0.108. The first kappa shape index (κ1) is 16.1. The first-order valence-electron chi connectivity index (χ1n) is 7.04. The number of benzene rings is 1. The molecule has 3 rings (SSSR count). The van der Waals surface area contributed by atoms with Crippen LogP contribution in [-0.2, 0) is 4.79 Å². The molecule has 1 aromatic carbocycles. The molecule has 4 nitrogen and oxygen atoms in total. The number of aromatic nitrogens is 2. The Balaban J connectivity index is 1.85. The molecule has 0 saturated carbocycles. The molecule has 23 heavy (non-hydrogen) atoms. The number of hydrogen-bond donors (Lipinski definition) is 0. The molecular formula is C16H14ClN3OS2. The molecular weight excluding hydrogens is 350 g/mol. The number of rotatable bonds is 4. The van der Waals surface area contributed by atoms with Gasteiger partial charge in [0.05, 0.1) is 20.9 Å². The maximum atomic E-state index is 12.5. The summed E-state index contributed by atoms with van der Waals surface area (Å²) in [7, 11) is 0. The Kier molecular flexibility index (Phi) is 4.75. The zero-order valence-electron chi connectivity index (χ0n) is 12.6.